The Balaban J connectivity index is 1.98. The number of carbonyl (C=O) groups excluding carboxylic acids is 1. The van der Waals surface area contributed by atoms with Gasteiger partial charge in [-0.2, -0.15) is 0 Å². The quantitative estimate of drug-likeness (QED) is 0.895. The first kappa shape index (κ1) is 16.1. The monoisotopic (exact) mass is 317 g/mol. The fourth-order valence-electron chi connectivity index (χ4n) is 2.44. The van der Waals surface area contributed by atoms with Crippen molar-refractivity contribution in [3.8, 4) is 5.75 Å². The van der Waals surface area contributed by atoms with E-state index in [9.17, 15) is 22.8 Å². The molecule has 2 rings (SSSR count). The predicted molar refractivity (Wildman–Crippen MR) is 69.4 cm³/mol. The first-order valence-electron chi connectivity index (χ1n) is 6.64. The van der Waals surface area contributed by atoms with Crippen molar-refractivity contribution in [2.45, 2.75) is 31.7 Å². The summed E-state index contributed by atoms with van der Waals surface area (Å²) in [5.74, 6) is -2.43. The molecule has 0 spiro atoms. The minimum atomic E-state index is -4.82. The molecule has 0 bridgehead atoms. The highest BCUT2D eigenvalue weighted by atomic mass is 19.4. The van der Waals surface area contributed by atoms with E-state index in [1.54, 1.807) is 0 Å². The molecule has 1 amide bonds. The molecule has 1 aliphatic rings. The van der Waals surface area contributed by atoms with Crippen molar-refractivity contribution < 1.29 is 32.6 Å². The number of amides is 1. The number of benzene rings is 1. The van der Waals surface area contributed by atoms with Gasteiger partial charge in [-0.1, -0.05) is 6.07 Å². The summed E-state index contributed by atoms with van der Waals surface area (Å²) in [6, 6.07) is 4.44. The van der Waals surface area contributed by atoms with Crippen molar-refractivity contribution in [2.75, 3.05) is 0 Å². The Morgan fingerprint density at radius 2 is 2.00 bits per heavy atom. The highest BCUT2D eigenvalue weighted by Gasteiger charge is 2.32. The molecule has 120 valence electrons. The highest BCUT2D eigenvalue weighted by Crippen LogP contribution is 2.27. The van der Waals surface area contributed by atoms with Gasteiger partial charge in [0, 0.05) is 11.6 Å². The number of ether oxygens (including phenoxy) is 1. The van der Waals surface area contributed by atoms with Crippen LogP contribution in [0.4, 0.5) is 13.2 Å². The SMILES string of the molecule is O=C(N[C@H]1CC[C@@H](C(=O)O)C1)c1cccc(OC(F)(F)F)c1. The lowest BCUT2D eigenvalue weighted by atomic mass is 10.1. The molecule has 1 saturated carbocycles. The molecular formula is C14H14F3NO4. The van der Waals surface area contributed by atoms with Gasteiger partial charge in [-0.15, -0.1) is 13.2 Å². The smallest absolute Gasteiger partial charge is 0.481 e. The molecule has 8 heteroatoms. The van der Waals surface area contributed by atoms with Gasteiger partial charge in [-0.3, -0.25) is 9.59 Å². The number of aliphatic carboxylic acids is 1. The molecule has 0 unspecified atom stereocenters. The number of carboxylic acids is 1. The number of hydrogen-bond donors (Lipinski definition) is 2. The second-order valence-corrected chi connectivity index (χ2v) is 5.09. The summed E-state index contributed by atoms with van der Waals surface area (Å²) >= 11 is 0. The zero-order chi connectivity index (χ0) is 16.3. The van der Waals surface area contributed by atoms with Gasteiger partial charge in [0.2, 0.25) is 0 Å². The normalized spacial score (nSPS) is 21.4. The summed E-state index contributed by atoms with van der Waals surface area (Å²) in [4.78, 5) is 22.8. The van der Waals surface area contributed by atoms with Gasteiger partial charge in [-0.25, -0.2) is 0 Å². The van der Waals surface area contributed by atoms with E-state index in [4.69, 9.17) is 5.11 Å². The standard InChI is InChI=1S/C14H14F3NO4/c15-14(16,17)22-11-3-1-2-8(7-11)12(19)18-10-5-4-9(6-10)13(20)21/h1-3,7,9-10H,4-6H2,(H,18,19)(H,20,21)/t9-,10+/m1/s1. The zero-order valence-corrected chi connectivity index (χ0v) is 11.4. The first-order chi connectivity index (χ1) is 10.2. The summed E-state index contributed by atoms with van der Waals surface area (Å²) in [5, 5.41) is 11.5. The number of rotatable bonds is 4. The van der Waals surface area contributed by atoms with Gasteiger partial charge in [0.15, 0.2) is 0 Å². The van der Waals surface area contributed by atoms with Gasteiger partial charge < -0.3 is 15.2 Å². The summed E-state index contributed by atoms with van der Waals surface area (Å²) < 4.78 is 40.2. The molecule has 0 radical (unpaired) electrons. The maximum absolute atomic E-state index is 12.1. The second kappa shape index (κ2) is 6.25. The van der Waals surface area contributed by atoms with E-state index in [1.807, 2.05) is 0 Å². The van der Waals surface area contributed by atoms with Crippen LogP contribution in [-0.4, -0.2) is 29.4 Å². The van der Waals surface area contributed by atoms with E-state index in [0.717, 1.165) is 12.1 Å². The first-order valence-corrected chi connectivity index (χ1v) is 6.64. The molecule has 1 aromatic rings. The van der Waals surface area contributed by atoms with Crippen LogP contribution in [0.2, 0.25) is 0 Å². The second-order valence-electron chi connectivity index (χ2n) is 5.09. The van der Waals surface area contributed by atoms with Crippen LogP contribution < -0.4 is 10.1 Å². The largest absolute Gasteiger partial charge is 0.573 e. The van der Waals surface area contributed by atoms with Crippen LogP contribution in [0.5, 0.6) is 5.75 Å². The van der Waals surface area contributed by atoms with E-state index < -0.39 is 29.9 Å². The van der Waals surface area contributed by atoms with Crippen molar-refractivity contribution in [1.82, 2.24) is 5.32 Å². The highest BCUT2D eigenvalue weighted by molar-refractivity contribution is 5.94. The van der Waals surface area contributed by atoms with Crippen LogP contribution in [0.1, 0.15) is 29.6 Å². The third-order valence-electron chi connectivity index (χ3n) is 3.45. The lowest BCUT2D eigenvalue weighted by molar-refractivity contribution is -0.274. The number of alkyl halides is 3. The van der Waals surface area contributed by atoms with Crippen LogP contribution in [-0.2, 0) is 4.79 Å². The molecule has 1 fully saturated rings. The van der Waals surface area contributed by atoms with Crippen molar-refractivity contribution in [2.24, 2.45) is 5.92 Å². The van der Waals surface area contributed by atoms with Crippen LogP contribution in [0.3, 0.4) is 0 Å². The molecule has 0 aromatic heterocycles. The van der Waals surface area contributed by atoms with Crippen LogP contribution in [0.15, 0.2) is 24.3 Å². The molecule has 0 saturated heterocycles. The third kappa shape index (κ3) is 4.37. The Morgan fingerprint density at radius 1 is 1.27 bits per heavy atom. The van der Waals surface area contributed by atoms with Crippen molar-refractivity contribution in [3.05, 3.63) is 29.8 Å². The van der Waals surface area contributed by atoms with E-state index in [1.165, 1.54) is 12.1 Å². The minimum absolute atomic E-state index is 0.0283. The Morgan fingerprint density at radius 3 is 2.59 bits per heavy atom. The fraction of sp³-hybridized carbons (Fsp3) is 0.429. The molecule has 5 nitrogen and oxygen atoms in total. The summed E-state index contributed by atoms with van der Waals surface area (Å²) in [5.41, 5.74) is 0.0283. The van der Waals surface area contributed by atoms with Crippen molar-refractivity contribution in [3.63, 3.8) is 0 Å². The minimum Gasteiger partial charge on any atom is -0.481 e. The Hall–Kier alpha value is -2.25. The molecule has 1 aliphatic carbocycles. The number of carboxylic acid groups (broad SMARTS) is 1. The van der Waals surface area contributed by atoms with Gasteiger partial charge in [0.05, 0.1) is 5.92 Å². The molecule has 2 atom stereocenters. The third-order valence-corrected chi connectivity index (χ3v) is 3.45. The van der Waals surface area contributed by atoms with E-state index in [-0.39, 0.29) is 11.6 Å². The molecule has 0 heterocycles. The molecule has 22 heavy (non-hydrogen) atoms. The zero-order valence-electron chi connectivity index (χ0n) is 11.4. The fourth-order valence-corrected chi connectivity index (χ4v) is 2.44. The van der Waals surface area contributed by atoms with Gasteiger partial charge >= 0.3 is 12.3 Å². The summed E-state index contributed by atoms with van der Waals surface area (Å²) in [6.07, 6.45) is -3.51. The maximum Gasteiger partial charge on any atom is 0.573 e. The molecule has 0 aliphatic heterocycles. The Labute approximate surface area is 124 Å². The van der Waals surface area contributed by atoms with E-state index in [0.29, 0.717) is 19.3 Å². The maximum atomic E-state index is 12.1. The number of carbonyl (C=O) groups is 2. The molecular weight excluding hydrogens is 303 g/mol. The number of nitrogens with one attached hydrogen (secondary N) is 1. The van der Waals surface area contributed by atoms with E-state index in [2.05, 4.69) is 10.1 Å². The predicted octanol–water partition coefficient (Wildman–Crippen LogP) is 2.57. The van der Waals surface area contributed by atoms with Crippen LogP contribution in [0, 0.1) is 5.92 Å². The van der Waals surface area contributed by atoms with Gasteiger partial charge in [0.1, 0.15) is 5.75 Å². The average molecular weight is 317 g/mol. The molecule has 1 aromatic carbocycles. The lowest BCUT2D eigenvalue weighted by Crippen LogP contribution is -2.33. The van der Waals surface area contributed by atoms with E-state index >= 15 is 0 Å². The Bertz CT molecular complexity index is 573. The average Bonchev–Trinajstić information content (AvgIpc) is 2.85. The number of hydrogen-bond acceptors (Lipinski definition) is 3. The van der Waals surface area contributed by atoms with Crippen LogP contribution >= 0.6 is 0 Å². The van der Waals surface area contributed by atoms with Crippen LogP contribution in [0.25, 0.3) is 0 Å². The van der Waals surface area contributed by atoms with Gasteiger partial charge in [-0.05, 0) is 37.5 Å². The van der Waals surface area contributed by atoms with Crippen molar-refractivity contribution >= 4 is 11.9 Å². The number of halogens is 3. The lowest BCUT2D eigenvalue weighted by Gasteiger charge is -2.13. The summed E-state index contributed by atoms with van der Waals surface area (Å²) in [7, 11) is 0. The topological polar surface area (TPSA) is 75.6 Å². The van der Waals surface area contributed by atoms with Crippen molar-refractivity contribution in [1.29, 1.82) is 0 Å². The van der Waals surface area contributed by atoms with Gasteiger partial charge in [0.25, 0.3) is 5.91 Å². The Kier molecular flexibility index (Phi) is 4.58. The molecule has 2 N–H and O–H groups in total. The summed E-state index contributed by atoms with van der Waals surface area (Å²) in [6.45, 7) is 0.